The Morgan fingerprint density at radius 3 is 1.94 bits per heavy atom. The monoisotopic (exact) mass is 472 g/mol. The van der Waals surface area contributed by atoms with Crippen molar-refractivity contribution in [1.82, 2.24) is 0 Å². The second-order valence-corrected chi connectivity index (χ2v) is 8.34. The molecule has 5 rings (SSSR count). The summed E-state index contributed by atoms with van der Waals surface area (Å²) in [4.78, 5) is 26.6. The van der Waals surface area contributed by atoms with E-state index >= 15 is 0 Å². The Bertz CT molecular complexity index is 1600. The first-order valence-corrected chi connectivity index (χ1v) is 11.6. The summed E-state index contributed by atoms with van der Waals surface area (Å²) in [5.74, 6) is -1.21. The molecule has 0 saturated carbocycles. The zero-order valence-corrected chi connectivity index (χ0v) is 20.0. The van der Waals surface area contributed by atoms with Crippen LogP contribution in [-0.2, 0) is 19.1 Å². The van der Waals surface area contributed by atoms with Gasteiger partial charge in [0.2, 0.25) is 0 Å². The molecule has 0 spiro atoms. The minimum absolute atomic E-state index is 0.151. The van der Waals surface area contributed by atoms with Crippen molar-refractivity contribution in [1.29, 1.82) is 0 Å². The summed E-state index contributed by atoms with van der Waals surface area (Å²) in [5, 5.41) is 1.71. The molecule has 0 heterocycles. The molecule has 4 nitrogen and oxygen atoms in total. The van der Waals surface area contributed by atoms with E-state index < -0.39 is 11.9 Å². The van der Waals surface area contributed by atoms with Gasteiger partial charge in [-0.25, -0.2) is 9.59 Å². The van der Waals surface area contributed by atoms with Crippen LogP contribution in [0.2, 0.25) is 0 Å². The number of methoxy groups -OCH3 is 2. The summed E-state index contributed by atoms with van der Waals surface area (Å²) in [6.07, 6.45) is 7.73. The first-order valence-electron chi connectivity index (χ1n) is 11.6. The van der Waals surface area contributed by atoms with Gasteiger partial charge in [-0.05, 0) is 44.4 Å². The highest BCUT2D eigenvalue weighted by Crippen LogP contribution is 2.42. The van der Waals surface area contributed by atoms with Crippen molar-refractivity contribution < 1.29 is 19.1 Å². The minimum Gasteiger partial charge on any atom is -0.465 e. The molecule has 36 heavy (non-hydrogen) atoms. The van der Waals surface area contributed by atoms with E-state index in [-0.39, 0.29) is 11.1 Å². The molecule has 0 atom stereocenters. The summed E-state index contributed by atoms with van der Waals surface area (Å²) in [6.45, 7) is 0. The smallest absolute Gasteiger partial charge is 0.339 e. The fourth-order valence-corrected chi connectivity index (χ4v) is 4.73. The van der Waals surface area contributed by atoms with Crippen LogP contribution in [0.3, 0.4) is 0 Å². The average Bonchev–Trinajstić information content (AvgIpc) is 3.21. The molecule has 0 bridgehead atoms. The number of esters is 2. The molecule has 3 aromatic rings. The van der Waals surface area contributed by atoms with Gasteiger partial charge in [0.15, 0.2) is 0 Å². The Morgan fingerprint density at radius 1 is 0.667 bits per heavy atom. The van der Waals surface area contributed by atoms with Crippen LogP contribution in [0.25, 0.3) is 22.8 Å². The lowest BCUT2D eigenvalue weighted by Crippen LogP contribution is -2.27. The molecule has 0 saturated heterocycles. The van der Waals surface area contributed by atoms with E-state index in [9.17, 15) is 9.59 Å². The average molecular weight is 473 g/mol. The maximum absolute atomic E-state index is 13.5. The van der Waals surface area contributed by atoms with Gasteiger partial charge in [0.05, 0.1) is 25.4 Å². The van der Waals surface area contributed by atoms with Crippen LogP contribution < -0.4 is 10.4 Å². The van der Waals surface area contributed by atoms with Crippen molar-refractivity contribution >= 4 is 34.7 Å². The quantitative estimate of drug-likeness (QED) is 0.529. The number of hydrogen-bond acceptors (Lipinski definition) is 4. The molecule has 0 aliphatic heterocycles. The predicted octanol–water partition coefficient (Wildman–Crippen LogP) is 4.38. The number of carbonyl (C=O) groups is 2. The topological polar surface area (TPSA) is 52.6 Å². The fourth-order valence-electron chi connectivity index (χ4n) is 4.73. The molecular weight excluding hydrogens is 448 g/mol. The Balaban J connectivity index is 2.04. The minimum atomic E-state index is -0.608. The van der Waals surface area contributed by atoms with Gasteiger partial charge >= 0.3 is 11.9 Å². The predicted molar refractivity (Wildman–Crippen MR) is 142 cm³/mol. The number of ether oxygens (including phenoxy) is 2. The van der Waals surface area contributed by atoms with Gasteiger partial charge < -0.3 is 9.47 Å². The highest BCUT2D eigenvalue weighted by Gasteiger charge is 2.32. The van der Waals surface area contributed by atoms with Gasteiger partial charge in [-0.1, -0.05) is 103 Å². The molecule has 3 aromatic carbocycles. The van der Waals surface area contributed by atoms with E-state index in [1.54, 1.807) is 6.08 Å². The van der Waals surface area contributed by atoms with Crippen molar-refractivity contribution in [2.24, 2.45) is 0 Å². The normalized spacial score (nSPS) is 14.6. The Kier molecular flexibility index (Phi) is 6.33. The molecule has 176 valence electrons. The molecule has 0 N–H and O–H groups in total. The van der Waals surface area contributed by atoms with Gasteiger partial charge in [0.25, 0.3) is 0 Å². The van der Waals surface area contributed by atoms with Crippen LogP contribution >= 0.6 is 0 Å². The van der Waals surface area contributed by atoms with Crippen molar-refractivity contribution in [2.75, 3.05) is 14.2 Å². The first-order chi connectivity index (χ1) is 17.6. The number of fused-ring (bicyclic) bond motifs is 2. The zero-order valence-electron chi connectivity index (χ0n) is 20.0. The van der Waals surface area contributed by atoms with Crippen LogP contribution in [0.1, 0.15) is 11.1 Å². The van der Waals surface area contributed by atoms with Crippen LogP contribution in [0.5, 0.6) is 0 Å². The van der Waals surface area contributed by atoms with Gasteiger partial charge in [-0.2, -0.15) is 0 Å². The van der Waals surface area contributed by atoms with Crippen molar-refractivity contribution in [3.63, 3.8) is 0 Å². The van der Waals surface area contributed by atoms with Gasteiger partial charge in [-0.3, -0.25) is 0 Å². The molecule has 0 amide bonds. The molecular formula is C32H24O4. The van der Waals surface area contributed by atoms with Crippen LogP contribution in [-0.4, -0.2) is 26.2 Å². The van der Waals surface area contributed by atoms with Crippen LogP contribution in [0.4, 0.5) is 0 Å². The van der Waals surface area contributed by atoms with Crippen molar-refractivity contribution in [2.45, 2.75) is 0 Å². The second kappa shape index (κ2) is 9.88. The maximum Gasteiger partial charge on any atom is 0.339 e. The summed E-state index contributed by atoms with van der Waals surface area (Å²) in [6, 6.07) is 27.7. The summed E-state index contributed by atoms with van der Waals surface area (Å²) in [7, 11) is 2.64. The summed E-state index contributed by atoms with van der Waals surface area (Å²) in [5.41, 5.74) is 5.43. The lowest BCUT2D eigenvalue weighted by atomic mass is 9.82. The Hall–Kier alpha value is -4.70. The molecule has 0 fully saturated rings. The number of rotatable bonds is 4. The van der Waals surface area contributed by atoms with Crippen molar-refractivity contribution in [3.8, 4) is 0 Å². The highest BCUT2D eigenvalue weighted by molar-refractivity contribution is 6.21. The number of carbonyl (C=O) groups excluding carboxylic acids is 2. The second-order valence-electron chi connectivity index (χ2n) is 8.34. The highest BCUT2D eigenvalue weighted by atomic mass is 16.5. The molecule has 2 aliphatic rings. The summed E-state index contributed by atoms with van der Waals surface area (Å²) >= 11 is 0. The molecule has 0 radical (unpaired) electrons. The molecule has 0 unspecified atom stereocenters. The largest absolute Gasteiger partial charge is 0.465 e. The number of benzene rings is 3. The van der Waals surface area contributed by atoms with Crippen molar-refractivity contribution in [3.05, 3.63) is 141 Å². The Labute approximate surface area is 209 Å². The van der Waals surface area contributed by atoms with E-state index in [2.05, 4.69) is 6.08 Å². The molecule has 2 aliphatic carbocycles. The third-order valence-corrected chi connectivity index (χ3v) is 6.33. The van der Waals surface area contributed by atoms with E-state index in [0.29, 0.717) is 5.57 Å². The standard InChI is InChI=1S/C32H24O4/c1-35-31(33)27-20-23-16-9-10-17-26(23)28-24(21-12-5-3-6-13-21)18-11-19-25(22-14-7-4-8-15-22)29(28)30(27)32(34)36-2/h3-20H,1-2H3. The van der Waals surface area contributed by atoms with Crippen LogP contribution in [0, 0.1) is 0 Å². The molecule has 0 aromatic heterocycles. The Morgan fingerprint density at radius 2 is 1.28 bits per heavy atom. The number of hydrogen-bond donors (Lipinski definition) is 0. The van der Waals surface area contributed by atoms with E-state index in [4.69, 9.17) is 9.47 Å². The van der Waals surface area contributed by atoms with Gasteiger partial charge in [0.1, 0.15) is 0 Å². The van der Waals surface area contributed by atoms with E-state index in [0.717, 1.165) is 38.3 Å². The zero-order chi connectivity index (χ0) is 25.1. The van der Waals surface area contributed by atoms with Crippen LogP contribution in [0.15, 0.2) is 120 Å². The van der Waals surface area contributed by atoms with Gasteiger partial charge in [-0.15, -0.1) is 0 Å². The third kappa shape index (κ3) is 4.03. The first kappa shape index (κ1) is 23.1. The number of allylic oxidation sites excluding steroid dienone is 5. The molecule has 4 heteroatoms. The van der Waals surface area contributed by atoms with E-state index in [1.807, 2.05) is 97.1 Å². The van der Waals surface area contributed by atoms with E-state index in [1.165, 1.54) is 14.2 Å². The summed E-state index contributed by atoms with van der Waals surface area (Å²) < 4.78 is 10.4. The third-order valence-electron chi connectivity index (χ3n) is 6.33. The lowest BCUT2D eigenvalue weighted by Gasteiger charge is -2.21. The lowest BCUT2D eigenvalue weighted by molar-refractivity contribution is -0.138. The maximum atomic E-state index is 13.5. The SMILES string of the molecule is COC(=O)C1=C(C(=O)OC)C2=C(c3ccccc3)C=CC=C(c3ccccc3)C2=c2ccccc2=C1. The fraction of sp³-hybridized carbons (Fsp3) is 0.0625. The van der Waals surface area contributed by atoms with Gasteiger partial charge in [0, 0.05) is 5.57 Å².